The Bertz CT molecular complexity index is 1220. The first-order valence-corrected chi connectivity index (χ1v) is 10.2. The van der Waals surface area contributed by atoms with E-state index in [9.17, 15) is 8.42 Å². The predicted molar refractivity (Wildman–Crippen MR) is 106 cm³/mol. The number of primary sulfonamides is 1. The zero-order chi connectivity index (χ0) is 20.1. The third kappa shape index (κ3) is 2.90. The Labute approximate surface area is 163 Å². The van der Waals surface area contributed by atoms with Crippen molar-refractivity contribution in [2.75, 3.05) is 14.2 Å². The van der Waals surface area contributed by atoms with Crippen LogP contribution >= 0.6 is 0 Å². The molecule has 0 spiro atoms. The van der Waals surface area contributed by atoms with Crippen molar-refractivity contribution in [3.8, 4) is 11.5 Å². The van der Waals surface area contributed by atoms with Gasteiger partial charge in [-0.2, -0.15) is 4.58 Å². The van der Waals surface area contributed by atoms with Gasteiger partial charge in [-0.25, -0.2) is 13.6 Å². The summed E-state index contributed by atoms with van der Waals surface area (Å²) in [4.78, 5) is 4.61. The summed E-state index contributed by atoms with van der Waals surface area (Å²) in [5.41, 5.74) is 3.87. The first kappa shape index (κ1) is 18.4. The van der Waals surface area contributed by atoms with E-state index in [0.29, 0.717) is 11.5 Å². The third-order valence-electron chi connectivity index (χ3n) is 5.02. The molecule has 1 atom stereocenters. The Morgan fingerprint density at radius 3 is 2.32 bits per heavy atom. The van der Waals surface area contributed by atoms with Gasteiger partial charge in [0.2, 0.25) is 15.7 Å². The van der Waals surface area contributed by atoms with Gasteiger partial charge in [-0.05, 0) is 12.1 Å². The van der Waals surface area contributed by atoms with Crippen LogP contribution < -0.4 is 14.6 Å². The normalized spacial score (nSPS) is 14.1. The molecule has 1 unspecified atom stereocenters. The predicted octanol–water partition coefficient (Wildman–Crippen LogP) is 2.74. The lowest BCUT2D eigenvalue weighted by Crippen LogP contribution is -2.23. The number of rotatable bonds is 5. The van der Waals surface area contributed by atoms with Crippen molar-refractivity contribution in [1.82, 2.24) is 4.98 Å². The van der Waals surface area contributed by atoms with Gasteiger partial charge in [0, 0.05) is 30.8 Å². The number of ether oxygens (including phenoxy) is 2. The molecule has 0 saturated heterocycles. The fourth-order valence-electron chi connectivity index (χ4n) is 3.45. The summed E-state index contributed by atoms with van der Waals surface area (Å²) in [7, 11) is -0.506. The molecule has 0 radical (unpaired) electrons. The van der Waals surface area contributed by atoms with Gasteiger partial charge in [-0.3, -0.25) is 4.98 Å². The van der Waals surface area contributed by atoms with Gasteiger partial charge in [0.1, 0.15) is 5.56 Å². The summed E-state index contributed by atoms with van der Waals surface area (Å²) in [6, 6.07) is 10.4. The molecule has 0 amide bonds. The molecule has 7 nitrogen and oxygen atoms in total. The second-order valence-electron chi connectivity index (χ2n) is 6.61. The van der Waals surface area contributed by atoms with E-state index >= 15 is 0 Å². The van der Waals surface area contributed by atoms with Crippen LogP contribution in [-0.2, 0) is 10.0 Å². The van der Waals surface area contributed by atoms with Crippen LogP contribution in [0.1, 0.15) is 24.1 Å². The monoisotopic (exact) mass is 398 g/mol. The summed E-state index contributed by atoms with van der Waals surface area (Å²) < 4.78 is 35.9. The van der Waals surface area contributed by atoms with Gasteiger partial charge in [-0.1, -0.05) is 12.1 Å². The van der Waals surface area contributed by atoms with Crippen LogP contribution in [0.2, 0.25) is 0 Å². The Kier molecular flexibility index (Phi) is 4.32. The molecular formula is C20H20N3O4S+. The highest BCUT2D eigenvalue weighted by molar-refractivity contribution is 7.89. The molecule has 0 fully saturated rings. The highest BCUT2D eigenvalue weighted by Crippen LogP contribution is 2.41. The highest BCUT2D eigenvalue weighted by atomic mass is 32.2. The van der Waals surface area contributed by atoms with E-state index in [2.05, 4.69) is 16.5 Å². The first-order valence-electron chi connectivity index (χ1n) is 8.64. The number of pyridine rings is 1. The van der Waals surface area contributed by atoms with E-state index in [1.807, 2.05) is 24.5 Å². The van der Waals surface area contributed by atoms with Gasteiger partial charge >= 0.3 is 0 Å². The van der Waals surface area contributed by atoms with Crippen LogP contribution in [0.4, 0.5) is 5.69 Å². The van der Waals surface area contributed by atoms with Crippen molar-refractivity contribution in [2.24, 2.45) is 5.14 Å². The number of hydrogen-bond donors (Lipinski definition) is 1. The molecule has 0 aliphatic carbocycles. The van der Waals surface area contributed by atoms with Crippen LogP contribution in [0.15, 0.2) is 47.5 Å². The topological polar surface area (TPSA) is 94.5 Å². The SMILES string of the molecule is COc1cc2ncc3c(c2cc1OC)[N+](C(C)c1ccc(S(N)(=O)=O)cc1)=C3. The minimum atomic E-state index is -3.70. The molecule has 3 aromatic rings. The Hall–Kier alpha value is -2.97. The smallest absolute Gasteiger partial charge is 0.238 e. The number of methoxy groups -OCH3 is 2. The van der Waals surface area contributed by atoms with E-state index in [1.54, 1.807) is 26.4 Å². The number of sulfonamides is 1. The lowest BCUT2D eigenvalue weighted by atomic mass is 9.99. The van der Waals surface area contributed by atoms with Crippen LogP contribution in [0, 0.1) is 0 Å². The van der Waals surface area contributed by atoms with Crippen LogP contribution in [0.3, 0.4) is 0 Å². The summed E-state index contributed by atoms with van der Waals surface area (Å²) in [5.74, 6) is 1.27. The Morgan fingerprint density at radius 1 is 1.07 bits per heavy atom. The maximum absolute atomic E-state index is 11.5. The summed E-state index contributed by atoms with van der Waals surface area (Å²) in [5, 5.41) is 6.15. The fourth-order valence-corrected chi connectivity index (χ4v) is 3.97. The molecule has 0 bridgehead atoms. The van der Waals surface area contributed by atoms with Crippen LogP contribution in [0.25, 0.3) is 10.9 Å². The molecular weight excluding hydrogens is 378 g/mol. The molecule has 2 aromatic carbocycles. The van der Waals surface area contributed by atoms with Gasteiger partial charge in [-0.15, -0.1) is 0 Å². The number of hydrogen-bond acceptors (Lipinski definition) is 5. The Balaban J connectivity index is 1.75. The molecule has 2 heterocycles. The number of fused-ring (bicyclic) bond motifs is 3. The molecule has 8 heteroatoms. The lowest BCUT2D eigenvalue weighted by molar-refractivity contribution is -0.491. The molecule has 1 aliphatic heterocycles. The maximum Gasteiger partial charge on any atom is 0.238 e. The molecule has 28 heavy (non-hydrogen) atoms. The molecule has 1 aliphatic rings. The lowest BCUT2D eigenvalue weighted by Gasteiger charge is -2.21. The van der Waals surface area contributed by atoms with Crippen molar-refractivity contribution in [3.63, 3.8) is 0 Å². The van der Waals surface area contributed by atoms with Crippen LogP contribution in [-0.4, -0.2) is 38.4 Å². The fraction of sp³-hybridized carbons (Fsp3) is 0.200. The second-order valence-corrected chi connectivity index (χ2v) is 8.17. The minimum Gasteiger partial charge on any atom is -0.493 e. The van der Waals surface area contributed by atoms with Gasteiger partial charge in [0.15, 0.2) is 23.8 Å². The summed E-state index contributed by atoms with van der Waals surface area (Å²) in [6.07, 6.45) is 3.85. The second kappa shape index (κ2) is 6.57. The van der Waals surface area contributed by atoms with Crippen molar-refractivity contribution in [3.05, 3.63) is 53.7 Å². The number of benzene rings is 2. The molecule has 4 rings (SSSR count). The zero-order valence-electron chi connectivity index (χ0n) is 15.7. The quantitative estimate of drug-likeness (QED) is 0.667. The minimum absolute atomic E-state index is 0.000671. The average Bonchev–Trinajstić information content (AvgIpc) is 2.66. The van der Waals surface area contributed by atoms with Crippen LogP contribution in [0.5, 0.6) is 11.5 Å². The van der Waals surface area contributed by atoms with E-state index in [-0.39, 0.29) is 10.9 Å². The van der Waals surface area contributed by atoms with Crippen molar-refractivity contribution >= 4 is 32.8 Å². The van der Waals surface area contributed by atoms with Crippen molar-refractivity contribution < 1.29 is 22.5 Å². The number of nitrogens with two attached hydrogens (primary N) is 1. The zero-order valence-corrected chi connectivity index (χ0v) is 16.5. The molecule has 2 N–H and O–H groups in total. The largest absolute Gasteiger partial charge is 0.493 e. The number of aromatic nitrogens is 1. The van der Waals surface area contributed by atoms with Crippen molar-refractivity contribution in [2.45, 2.75) is 17.9 Å². The molecule has 144 valence electrons. The van der Waals surface area contributed by atoms with Gasteiger partial charge in [0.25, 0.3) is 0 Å². The van der Waals surface area contributed by atoms with E-state index in [1.165, 1.54) is 12.1 Å². The van der Waals surface area contributed by atoms with E-state index < -0.39 is 10.0 Å². The average molecular weight is 398 g/mol. The van der Waals surface area contributed by atoms with E-state index in [0.717, 1.165) is 27.7 Å². The molecule has 0 saturated carbocycles. The highest BCUT2D eigenvalue weighted by Gasteiger charge is 2.34. The van der Waals surface area contributed by atoms with Crippen molar-refractivity contribution in [1.29, 1.82) is 0 Å². The first-order chi connectivity index (χ1) is 13.3. The van der Waals surface area contributed by atoms with Gasteiger partial charge in [0.05, 0.1) is 30.0 Å². The van der Waals surface area contributed by atoms with Gasteiger partial charge < -0.3 is 9.47 Å². The number of nitrogens with zero attached hydrogens (tertiary/aromatic N) is 2. The summed E-state index contributed by atoms with van der Waals surface area (Å²) >= 11 is 0. The van der Waals surface area contributed by atoms with E-state index in [4.69, 9.17) is 14.6 Å². The standard InChI is InChI=1S/C20H20N3O4S/c1-12(13-4-6-15(7-5-13)28(21,24)25)23-11-14-10-22-17-9-19(27-3)18(26-2)8-16(17)20(14)23/h4-12H,1-3H3,(H2,21,24,25)/q+1. The third-order valence-corrected chi connectivity index (χ3v) is 5.95. The Morgan fingerprint density at radius 2 is 1.71 bits per heavy atom. The molecule has 1 aromatic heterocycles. The maximum atomic E-state index is 11.5. The summed E-state index contributed by atoms with van der Waals surface area (Å²) in [6.45, 7) is 2.05.